The second-order valence-corrected chi connectivity index (χ2v) is 5.44. The van der Waals surface area contributed by atoms with Crippen LogP contribution < -0.4 is 15.8 Å². The lowest BCUT2D eigenvalue weighted by molar-refractivity contribution is -0.115. The predicted octanol–water partition coefficient (Wildman–Crippen LogP) is 2.39. The summed E-state index contributed by atoms with van der Waals surface area (Å²) in [7, 11) is 0. The maximum Gasteiger partial charge on any atom is 0.349 e. The quantitative estimate of drug-likeness (QED) is 0.698. The molecule has 0 unspecified atom stereocenters. The van der Waals surface area contributed by atoms with Crippen molar-refractivity contribution in [3.63, 3.8) is 0 Å². The van der Waals surface area contributed by atoms with Gasteiger partial charge < -0.3 is 9.73 Å². The summed E-state index contributed by atoms with van der Waals surface area (Å²) in [6, 6.07) is 15.4. The van der Waals surface area contributed by atoms with Crippen LogP contribution in [-0.4, -0.2) is 18.4 Å². The summed E-state index contributed by atoms with van der Waals surface area (Å²) < 4.78 is 5.22. The van der Waals surface area contributed by atoms with Gasteiger partial charge in [0.15, 0.2) is 0 Å². The van der Waals surface area contributed by atoms with E-state index < -0.39 is 11.5 Å². The zero-order valence-electron chi connectivity index (χ0n) is 12.5. The number of carbonyl (C=O) groups is 2. The molecule has 0 spiro atoms. The van der Waals surface area contributed by atoms with Crippen molar-refractivity contribution in [3.05, 3.63) is 70.6 Å². The summed E-state index contributed by atoms with van der Waals surface area (Å²) in [6.07, 6.45) is 0. The third kappa shape index (κ3) is 2.25. The monoisotopic (exact) mass is 320 g/mol. The number of benzene rings is 2. The normalized spacial score (nSPS) is 13.5. The van der Waals surface area contributed by atoms with E-state index in [0.717, 1.165) is 0 Å². The van der Waals surface area contributed by atoms with E-state index in [9.17, 15) is 14.4 Å². The molecule has 1 aliphatic rings. The van der Waals surface area contributed by atoms with Crippen LogP contribution in [0, 0.1) is 0 Å². The number of carbonyl (C=O) groups excluding carboxylic acids is 2. The molecule has 0 saturated carbocycles. The van der Waals surface area contributed by atoms with Crippen LogP contribution in [0.2, 0.25) is 0 Å². The third-order valence-corrected chi connectivity index (χ3v) is 3.89. The lowest BCUT2D eigenvalue weighted by Crippen LogP contribution is -2.43. The SMILES string of the molecule is O=C1CN(C(=O)c2cc3ccccc3oc2=O)c2ccccc2N1. The number of hydrogen-bond acceptors (Lipinski definition) is 4. The van der Waals surface area contributed by atoms with Gasteiger partial charge in [-0.1, -0.05) is 30.3 Å². The highest BCUT2D eigenvalue weighted by atomic mass is 16.4. The first-order valence-electron chi connectivity index (χ1n) is 7.37. The number of para-hydroxylation sites is 3. The van der Waals surface area contributed by atoms with Gasteiger partial charge in [0, 0.05) is 5.39 Å². The van der Waals surface area contributed by atoms with Crippen molar-refractivity contribution in [2.45, 2.75) is 0 Å². The summed E-state index contributed by atoms with van der Waals surface area (Å²) in [5, 5.41) is 3.35. The van der Waals surface area contributed by atoms with Gasteiger partial charge in [0.1, 0.15) is 17.7 Å². The molecule has 24 heavy (non-hydrogen) atoms. The number of nitrogens with one attached hydrogen (secondary N) is 1. The Bertz CT molecular complexity index is 1040. The lowest BCUT2D eigenvalue weighted by atomic mass is 10.1. The fourth-order valence-electron chi connectivity index (χ4n) is 2.77. The van der Waals surface area contributed by atoms with Gasteiger partial charge in [-0.2, -0.15) is 0 Å². The average Bonchev–Trinajstić information content (AvgIpc) is 2.59. The van der Waals surface area contributed by atoms with Crippen molar-refractivity contribution in [1.82, 2.24) is 0 Å². The number of fused-ring (bicyclic) bond motifs is 2. The Balaban J connectivity index is 1.83. The molecule has 3 aromatic rings. The zero-order chi connectivity index (χ0) is 16.7. The summed E-state index contributed by atoms with van der Waals surface area (Å²) in [5.74, 6) is -0.871. The van der Waals surface area contributed by atoms with Crippen LogP contribution in [0.1, 0.15) is 10.4 Å². The van der Waals surface area contributed by atoms with E-state index in [0.29, 0.717) is 22.3 Å². The molecular formula is C18H12N2O4. The fraction of sp³-hybridized carbons (Fsp3) is 0.0556. The van der Waals surface area contributed by atoms with Gasteiger partial charge in [-0.15, -0.1) is 0 Å². The summed E-state index contributed by atoms with van der Waals surface area (Å²) in [4.78, 5) is 38.2. The molecule has 0 aliphatic carbocycles. The predicted molar refractivity (Wildman–Crippen MR) is 89.2 cm³/mol. The summed E-state index contributed by atoms with van der Waals surface area (Å²) in [6.45, 7) is -0.151. The Kier molecular flexibility index (Phi) is 3.16. The van der Waals surface area contributed by atoms with Gasteiger partial charge in [0.05, 0.1) is 11.4 Å². The first-order valence-corrected chi connectivity index (χ1v) is 7.37. The van der Waals surface area contributed by atoms with Crippen LogP contribution in [-0.2, 0) is 4.79 Å². The molecule has 4 rings (SSSR count). The lowest BCUT2D eigenvalue weighted by Gasteiger charge is -2.28. The highest BCUT2D eigenvalue weighted by Gasteiger charge is 2.29. The molecule has 2 aromatic carbocycles. The molecule has 0 saturated heterocycles. The van der Waals surface area contributed by atoms with Crippen molar-refractivity contribution >= 4 is 34.2 Å². The van der Waals surface area contributed by atoms with Crippen LogP contribution in [0.25, 0.3) is 11.0 Å². The van der Waals surface area contributed by atoms with Gasteiger partial charge in [-0.3, -0.25) is 14.5 Å². The molecule has 2 amide bonds. The number of nitrogens with zero attached hydrogens (tertiary/aromatic N) is 1. The van der Waals surface area contributed by atoms with Crippen molar-refractivity contribution in [1.29, 1.82) is 0 Å². The molecule has 6 heteroatoms. The van der Waals surface area contributed by atoms with E-state index in [1.54, 1.807) is 48.5 Å². The number of rotatable bonds is 1. The van der Waals surface area contributed by atoms with E-state index >= 15 is 0 Å². The van der Waals surface area contributed by atoms with Crippen LogP contribution in [0.4, 0.5) is 11.4 Å². The molecule has 118 valence electrons. The third-order valence-electron chi connectivity index (χ3n) is 3.89. The molecule has 2 heterocycles. The van der Waals surface area contributed by atoms with Crippen LogP contribution >= 0.6 is 0 Å². The standard InChI is InChI=1S/C18H12N2O4/c21-16-10-20(14-7-3-2-6-13(14)19-16)17(22)12-9-11-5-1-4-8-15(11)24-18(12)23/h1-9H,10H2,(H,19,21). The Morgan fingerprint density at radius 2 is 1.79 bits per heavy atom. The summed E-state index contributed by atoms with van der Waals surface area (Å²) in [5.41, 5.74) is 0.679. The van der Waals surface area contributed by atoms with Gasteiger partial charge >= 0.3 is 5.63 Å². The fourth-order valence-corrected chi connectivity index (χ4v) is 2.77. The molecule has 1 aliphatic heterocycles. The number of anilines is 2. The van der Waals surface area contributed by atoms with Gasteiger partial charge in [0.25, 0.3) is 5.91 Å². The van der Waals surface area contributed by atoms with Crippen LogP contribution in [0.3, 0.4) is 0 Å². The molecule has 0 fully saturated rings. The first-order chi connectivity index (χ1) is 11.6. The second-order valence-electron chi connectivity index (χ2n) is 5.44. The van der Waals surface area contributed by atoms with Crippen molar-refractivity contribution in [2.75, 3.05) is 16.8 Å². The number of amides is 2. The van der Waals surface area contributed by atoms with Gasteiger partial charge in [-0.05, 0) is 24.3 Å². The maximum atomic E-state index is 12.9. The molecule has 6 nitrogen and oxygen atoms in total. The average molecular weight is 320 g/mol. The largest absolute Gasteiger partial charge is 0.422 e. The molecule has 1 aromatic heterocycles. The van der Waals surface area contributed by atoms with E-state index in [1.165, 1.54) is 11.0 Å². The molecular weight excluding hydrogens is 308 g/mol. The minimum Gasteiger partial charge on any atom is -0.422 e. The first kappa shape index (κ1) is 14.2. The number of hydrogen-bond donors (Lipinski definition) is 1. The Labute approximate surface area is 136 Å². The zero-order valence-corrected chi connectivity index (χ0v) is 12.5. The molecule has 1 N–H and O–H groups in total. The van der Waals surface area contributed by atoms with E-state index in [1.807, 2.05) is 0 Å². The van der Waals surface area contributed by atoms with Crippen LogP contribution in [0.15, 0.2) is 63.8 Å². The molecule has 0 atom stereocenters. The summed E-state index contributed by atoms with van der Waals surface area (Å²) >= 11 is 0. The Morgan fingerprint density at radius 3 is 2.67 bits per heavy atom. The molecule has 0 bridgehead atoms. The van der Waals surface area contributed by atoms with E-state index in [4.69, 9.17) is 4.42 Å². The van der Waals surface area contributed by atoms with Gasteiger partial charge in [-0.25, -0.2) is 4.79 Å². The Morgan fingerprint density at radius 1 is 1.04 bits per heavy atom. The van der Waals surface area contributed by atoms with Crippen LogP contribution in [0.5, 0.6) is 0 Å². The van der Waals surface area contributed by atoms with E-state index in [2.05, 4.69) is 5.32 Å². The smallest absolute Gasteiger partial charge is 0.349 e. The van der Waals surface area contributed by atoms with Crippen molar-refractivity contribution in [3.8, 4) is 0 Å². The minimum atomic E-state index is -0.720. The van der Waals surface area contributed by atoms with Gasteiger partial charge in [0.2, 0.25) is 5.91 Å². The molecule has 0 radical (unpaired) electrons. The second kappa shape index (κ2) is 5.34. The topological polar surface area (TPSA) is 79.6 Å². The highest BCUT2D eigenvalue weighted by molar-refractivity contribution is 6.15. The Hall–Kier alpha value is -3.41. The maximum absolute atomic E-state index is 12.9. The van der Waals surface area contributed by atoms with E-state index in [-0.39, 0.29) is 18.0 Å². The highest BCUT2D eigenvalue weighted by Crippen LogP contribution is 2.30. The van der Waals surface area contributed by atoms with Crippen molar-refractivity contribution in [2.24, 2.45) is 0 Å². The van der Waals surface area contributed by atoms with Crippen molar-refractivity contribution < 1.29 is 14.0 Å². The minimum absolute atomic E-state index is 0.0989.